The van der Waals surface area contributed by atoms with Crippen molar-refractivity contribution in [1.82, 2.24) is 9.55 Å². The molecule has 0 saturated carbocycles. The number of ether oxygens (including phenoxy) is 2. The van der Waals surface area contributed by atoms with Gasteiger partial charge in [-0.1, -0.05) is 36.4 Å². The third kappa shape index (κ3) is 4.12. The van der Waals surface area contributed by atoms with Gasteiger partial charge in [-0.2, -0.15) is 0 Å². The summed E-state index contributed by atoms with van der Waals surface area (Å²) in [4.78, 5) is 19.8. The van der Waals surface area contributed by atoms with Crippen LogP contribution in [0.5, 0.6) is 11.5 Å². The van der Waals surface area contributed by atoms with E-state index in [1.54, 1.807) is 7.11 Å². The van der Waals surface area contributed by atoms with Crippen molar-refractivity contribution in [3.63, 3.8) is 0 Å². The van der Waals surface area contributed by atoms with Gasteiger partial charge in [0, 0.05) is 30.6 Å². The quantitative estimate of drug-likeness (QED) is 0.381. The molecule has 0 spiro atoms. The summed E-state index contributed by atoms with van der Waals surface area (Å²) < 4.78 is 13.8. The number of methoxy groups -OCH3 is 1. The summed E-state index contributed by atoms with van der Waals surface area (Å²) in [6.07, 6.45) is 0.429. The molecule has 1 atom stereocenters. The first-order chi connectivity index (χ1) is 16.5. The summed E-state index contributed by atoms with van der Waals surface area (Å²) in [5.74, 6) is 2.72. The van der Waals surface area contributed by atoms with E-state index in [9.17, 15) is 4.79 Å². The largest absolute Gasteiger partial charge is 0.497 e. The number of anilines is 1. The highest BCUT2D eigenvalue weighted by molar-refractivity contribution is 5.96. The van der Waals surface area contributed by atoms with Crippen LogP contribution in [0.2, 0.25) is 0 Å². The van der Waals surface area contributed by atoms with Gasteiger partial charge in [0.2, 0.25) is 5.91 Å². The molecule has 0 N–H and O–H groups in total. The molecule has 1 aromatic heterocycles. The Morgan fingerprint density at radius 3 is 2.56 bits per heavy atom. The molecule has 3 aromatic carbocycles. The molecule has 1 amide bonds. The molecular weight excluding hydrogens is 426 g/mol. The van der Waals surface area contributed by atoms with Gasteiger partial charge in [-0.3, -0.25) is 4.79 Å². The Labute approximate surface area is 199 Å². The zero-order valence-corrected chi connectivity index (χ0v) is 19.8. The number of carbonyl (C=O) groups excluding carboxylic acids is 1. The summed E-state index contributed by atoms with van der Waals surface area (Å²) in [5.41, 5.74) is 5.12. The lowest BCUT2D eigenvalue weighted by atomic mass is 10.1. The molecule has 2 heterocycles. The van der Waals surface area contributed by atoms with E-state index in [1.807, 2.05) is 53.4 Å². The number of para-hydroxylation sites is 3. The van der Waals surface area contributed by atoms with Crippen molar-refractivity contribution in [2.24, 2.45) is 0 Å². The molecular formula is C28H29N3O3. The third-order valence-corrected chi connectivity index (χ3v) is 6.51. The molecule has 0 aliphatic carbocycles. The molecule has 0 radical (unpaired) electrons. The van der Waals surface area contributed by atoms with Crippen LogP contribution in [0, 0.1) is 13.8 Å². The van der Waals surface area contributed by atoms with Crippen molar-refractivity contribution in [1.29, 1.82) is 0 Å². The van der Waals surface area contributed by atoms with Gasteiger partial charge in [0.25, 0.3) is 0 Å². The van der Waals surface area contributed by atoms with E-state index >= 15 is 0 Å². The molecule has 174 valence electrons. The van der Waals surface area contributed by atoms with Gasteiger partial charge < -0.3 is 18.9 Å². The van der Waals surface area contributed by atoms with Crippen molar-refractivity contribution < 1.29 is 14.3 Å². The van der Waals surface area contributed by atoms with Crippen LogP contribution < -0.4 is 14.4 Å². The lowest BCUT2D eigenvalue weighted by molar-refractivity contribution is -0.117. The summed E-state index contributed by atoms with van der Waals surface area (Å²) >= 11 is 0. The van der Waals surface area contributed by atoms with E-state index in [2.05, 4.69) is 36.6 Å². The monoisotopic (exact) mass is 455 g/mol. The second kappa shape index (κ2) is 9.21. The number of benzene rings is 3. The number of rotatable bonds is 7. The molecule has 34 heavy (non-hydrogen) atoms. The second-order valence-electron chi connectivity index (χ2n) is 8.79. The normalized spacial score (nSPS) is 15.8. The number of hydrogen-bond acceptors (Lipinski definition) is 4. The van der Waals surface area contributed by atoms with Crippen molar-refractivity contribution >= 4 is 22.6 Å². The summed E-state index contributed by atoms with van der Waals surface area (Å²) in [6, 6.07) is 22.0. The average molecular weight is 456 g/mol. The molecule has 0 unspecified atom stereocenters. The van der Waals surface area contributed by atoms with Crippen LogP contribution in [0.1, 0.15) is 29.3 Å². The van der Waals surface area contributed by atoms with Crippen LogP contribution in [0.4, 0.5) is 5.69 Å². The SMILES string of the molecule is COc1cccc(N2C[C@@H](c3nc4ccccc4n3CCOc3c(C)cccc3C)CC2=O)c1. The van der Waals surface area contributed by atoms with Crippen molar-refractivity contribution in [3.8, 4) is 11.5 Å². The summed E-state index contributed by atoms with van der Waals surface area (Å²) in [5, 5.41) is 0. The van der Waals surface area contributed by atoms with Gasteiger partial charge in [-0.15, -0.1) is 0 Å². The van der Waals surface area contributed by atoms with Gasteiger partial charge in [0.15, 0.2) is 0 Å². The Bertz CT molecular complexity index is 1320. The predicted molar refractivity (Wildman–Crippen MR) is 134 cm³/mol. The van der Waals surface area contributed by atoms with E-state index in [4.69, 9.17) is 14.5 Å². The minimum atomic E-state index is 0.00583. The Balaban J connectivity index is 1.41. The van der Waals surface area contributed by atoms with Crippen LogP contribution in [-0.4, -0.2) is 35.7 Å². The minimum Gasteiger partial charge on any atom is -0.497 e. The number of amides is 1. The maximum Gasteiger partial charge on any atom is 0.227 e. The van der Waals surface area contributed by atoms with E-state index < -0.39 is 0 Å². The molecule has 0 bridgehead atoms. The molecule has 5 rings (SSSR count). The van der Waals surface area contributed by atoms with Gasteiger partial charge in [0.05, 0.1) is 24.7 Å². The predicted octanol–water partition coefficient (Wildman–Crippen LogP) is 5.26. The van der Waals surface area contributed by atoms with E-state index in [1.165, 1.54) is 0 Å². The zero-order valence-electron chi connectivity index (χ0n) is 19.8. The number of imidazole rings is 1. The van der Waals surface area contributed by atoms with Gasteiger partial charge in [-0.25, -0.2) is 4.98 Å². The highest BCUT2D eigenvalue weighted by atomic mass is 16.5. The number of carbonyl (C=O) groups is 1. The number of hydrogen-bond donors (Lipinski definition) is 0. The highest BCUT2D eigenvalue weighted by Crippen LogP contribution is 2.34. The molecule has 1 fully saturated rings. The van der Waals surface area contributed by atoms with E-state index in [0.29, 0.717) is 26.1 Å². The molecule has 1 aliphatic heterocycles. The fourth-order valence-electron chi connectivity index (χ4n) is 4.82. The van der Waals surface area contributed by atoms with Crippen molar-refractivity contribution in [3.05, 3.63) is 83.7 Å². The van der Waals surface area contributed by atoms with Crippen LogP contribution in [-0.2, 0) is 11.3 Å². The van der Waals surface area contributed by atoms with E-state index in [0.717, 1.165) is 45.2 Å². The topological polar surface area (TPSA) is 56.6 Å². The third-order valence-electron chi connectivity index (χ3n) is 6.51. The number of fused-ring (bicyclic) bond motifs is 1. The van der Waals surface area contributed by atoms with E-state index in [-0.39, 0.29) is 11.8 Å². The Morgan fingerprint density at radius 2 is 1.76 bits per heavy atom. The fourth-order valence-corrected chi connectivity index (χ4v) is 4.82. The first-order valence-electron chi connectivity index (χ1n) is 11.6. The fraction of sp³-hybridized carbons (Fsp3) is 0.286. The number of aromatic nitrogens is 2. The average Bonchev–Trinajstić information content (AvgIpc) is 3.41. The maximum absolute atomic E-state index is 13.0. The number of aryl methyl sites for hydroxylation is 2. The van der Waals surface area contributed by atoms with Gasteiger partial charge >= 0.3 is 0 Å². The summed E-state index contributed by atoms with van der Waals surface area (Å²) in [7, 11) is 1.64. The van der Waals surface area contributed by atoms with Gasteiger partial charge in [-0.05, 0) is 49.2 Å². The number of nitrogens with zero attached hydrogens (tertiary/aromatic N) is 3. The van der Waals surface area contributed by atoms with Crippen LogP contribution in [0.3, 0.4) is 0 Å². The van der Waals surface area contributed by atoms with Crippen LogP contribution in [0.25, 0.3) is 11.0 Å². The van der Waals surface area contributed by atoms with Gasteiger partial charge in [0.1, 0.15) is 23.9 Å². The maximum atomic E-state index is 13.0. The summed E-state index contributed by atoms with van der Waals surface area (Å²) in [6.45, 7) is 5.91. The Hall–Kier alpha value is -3.80. The molecule has 6 nitrogen and oxygen atoms in total. The Kier molecular flexibility index (Phi) is 5.97. The van der Waals surface area contributed by atoms with Crippen molar-refractivity contribution in [2.75, 3.05) is 25.2 Å². The molecule has 4 aromatic rings. The minimum absolute atomic E-state index is 0.00583. The second-order valence-corrected chi connectivity index (χ2v) is 8.79. The zero-order chi connectivity index (χ0) is 23.7. The van der Waals surface area contributed by atoms with Crippen molar-refractivity contribution in [2.45, 2.75) is 32.7 Å². The molecule has 6 heteroatoms. The standard InChI is InChI=1S/C28H29N3O3/c1-19-8-6-9-20(2)27(19)34-15-14-30-25-13-5-4-12-24(25)29-28(30)21-16-26(32)31(18-21)22-10-7-11-23(17-22)33-3/h4-13,17,21H,14-16,18H2,1-3H3/t21-/m0/s1. The Morgan fingerprint density at radius 1 is 1.00 bits per heavy atom. The molecule has 1 aliphatic rings. The lowest BCUT2D eigenvalue weighted by Crippen LogP contribution is -2.24. The first kappa shape index (κ1) is 22.0. The smallest absolute Gasteiger partial charge is 0.227 e. The van der Waals surface area contributed by atoms with Crippen LogP contribution >= 0.6 is 0 Å². The van der Waals surface area contributed by atoms with Crippen LogP contribution in [0.15, 0.2) is 66.7 Å². The lowest BCUT2D eigenvalue weighted by Gasteiger charge is -2.18. The first-order valence-corrected chi connectivity index (χ1v) is 11.6. The highest BCUT2D eigenvalue weighted by Gasteiger charge is 2.35. The molecule has 1 saturated heterocycles.